The molecule has 0 radical (unpaired) electrons. The van der Waals surface area contributed by atoms with Crippen LogP contribution in [0.5, 0.6) is 0 Å². The van der Waals surface area contributed by atoms with E-state index in [2.05, 4.69) is 15.5 Å². The van der Waals surface area contributed by atoms with Crippen LogP contribution in [-0.2, 0) is 11.0 Å². The third-order valence-corrected chi connectivity index (χ3v) is 4.74. The number of anilines is 1. The number of nitrogens with zero attached hydrogens (tertiary/aromatic N) is 2. The number of nitrogens with one attached hydrogen (secondary N) is 1. The Morgan fingerprint density at radius 2 is 1.89 bits per heavy atom. The molecule has 0 aliphatic carbocycles. The average Bonchev–Trinajstić information content (AvgIpc) is 3.10. The van der Waals surface area contributed by atoms with Gasteiger partial charge in [-0.2, -0.15) is 13.2 Å². The summed E-state index contributed by atoms with van der Waals surface area (Å²) in [5.74, 6) is -0.293. The number of carbonyl (C=O) groups excluding carboxylic acids is 1. The Labute approximate surface area is 163 Å². The molecule has 0 spiro atoms. The third kappa shape index (κ3) is 4.72. The van der Waals surface area contributed by atoms with Crippen LogP contribution >= 0.6 is 11.8 Å². The van der Waals surface area contributed by atoms with Gasteiger partial charge < -0.3 is 9.73 Å². The number of hydrogen-bond donors (Lipinski definition) is 1. The second-order valence-electron chi connectivity index (χ2n) is 6.04. The van der Waals surface area contributed by atoms with Gasteiger partial charge >= 0.3 is 6.18 Å². The maximum Gasteiger partial charge on any atom is 0.418 e. The summed E-state index contributed by atoms with van der Waals surface area (Å²) in [5, 5.41) is 9.57. The van der Waals surface area contributed by atoms with Gasteiger partial charge in [0.05, 0.1) is 16.5 Å². The number of hydrogen-bond acceptors (Lipinski definition) is 5. The number of para-hydroxylation sites is 1. The predicted molar refractivity (Wildman–Crippen MR) is 99.9 cm³/mol. The van der Waals surface area contributed by atoms with Crippen molar-refractivity contribution < 1.29 is 22.4 Å². The molecule has 3 aromatic rings. The van der Waals surface area contributed by atoms with Crippen molar-refractivity contribution in [2.24, 2.45) is 0 Å². The minimum absolute atomic E-state index is 0.156. The van der Waals surface area contributed by atoms with Crippen LogP contribution in [0.25, 0.3) is 11.5 Å². The lowest BCUT2D eigenvalue weighted by Crippen LogP contribution is -2.24. The summed E-state index contributed by atoms with van der Waals surface area (Å²) in [6, 6.07) is 12.3. The maximum atomic E-state index is 13.0. The standard InChI is InChI=1S/C19H16F3N3O2S/c1-11-6-5-7-13(10-11)17-24-25-18(27-17)28-12(2)16(26)23-15-9-4-3-8-14(15)19(20,21)22/h3-10,12H,1-2H3,(H,23,26)/t12-/m0/s1. The highest BCUT2D eigenvalue weighted by Gasteiger charge is 2.34. The molecule has 9 heteroatoms. The molecule has 1 N–H and O–H groups in total. The van der Waals surface area contributed by atoms with Crippen LogP contribution in [0.15, 0.2) is 58.2 Å². The second kappa shape index (κ2) is 8.05. The topological polar surface area (TPSA) is 68.0 Å². The Bertz CT molecular complexity index is 988. The Hall–Kier alpha value is -2.81. The number of aromatic nitrogens is 2. The van der Waals surface area contributed by atoms with Gasteiger partial charge in [-0.1, -0.05) is 41.6 Å². The molecule has 1 atom stereocenters. The van der Waals surface area contributed by atoms with E-state index >= 15 is 0 Å². The quantitative estimate of drug-likeness (QED) is 0.590. The van der Waals surface area contributed by atoms with Crippen molar-refractivity contribution in [1.29, 1.82) is 0 Å². The number of carbonyl (C=O) groups is 1. The number of halogens is 3. The van der Waals surface area contributed by atoms with Gasteiger partial charge in [-0.25, -0.2) is 0 Å². The molecule has 3 rings (SSSR count). The van der Waals surface area contributed by atoms with Crippen LogP contribution in [0, 0.1) is 6.92 Å². The van der Waals surface area contributed by atoms with Crippen molar-refractivity contribution in [3.05, 3.63) is 59.7 Å². The summed E-state index contributed by atoms with van der Waals surface area (Å²) >= 11 is 0.970. The number of alkyl halides is 3. The minimum Gasteiger partial charge on any atom is -0.411 e. The average molecular weight is 407 g/mol. The molecule has 0 unspecified atom stereocenters. The molecule has 1 amide bonds. The van der Waals surface area contributed by atoms with Gasteiger partial charge in [-0.05, 0) is 38.1 Å². The van der Waals surface area contributed by atoms with Crippen molar-refractivity contribution >= 4 is 23.4 Å². The number of thioether (sulfide) groups is 1. The first kappa shape index (κ1) is 19.9. The first-order valence-corrected chi connectivity index (χ1v) is 9.16. The monoisotopic (exact) mass is 407 g/mol. The number of rotatable bonds is 5. The molecule has 1 heterocycles. The van der Waals surface area contributed by atoms with Crippen molar-refractivity contribution in [1.82, 2.24) is 10.2 Å². The summed E-state index contributed by atoms with van der Waals surface area (Å²) in [7, 11) is 0. The molecule has 0 aliphatic rings. The molecular weight excluding hydrogens is 391 g/mol. The highest BCUT2D eigenvalue weighted by atomic mass is 32.2. The molecule has 5 nitrogen and oxygen atoms in total. The van der Waals surface area contributed by atoms with Crippen LogP contribution in [-0.4, -0.2) is 21.4 Å². The molecule has 1 aromatic heterocycles. The zero-order valence-corrected chi connectivity index (χ0v) is 15.8. The molecule has 0 bridgehead atoms. The Morgan fingerprint density at radius 1 is 1.14 bits per heavy atom. The van der Waals surface area contributed by atoms with Crippen molar-refractivity contribution in [3.63, 3.8) is 0 Å². The van der Waals surface area contributed by atoms with Crippen LogP contribution in [0.4, 0.5) is 18.9 Å². The fraction of sp³-hybridized carbons (Fsp3) is 0.211. The third-order valence-electron chi connectivity index (χ3n) is 3.81. The van der Waals surface area contributed by atoms with E-state index in [0.717, 1.165) is 29.0 Å². The smallest absolute Gasteiger partial charge is 0.411 e. The Morgan fingerprint density at radius 3 is 2.61 bits per heavy atom. The van der Waals surface area contributed by atoms with Gasteiger partial charge in [-0.3, -0.25) is 4.79 Å². The van der Waals surface area contributed by atoms with E-state index in [0.29, 0.717) is 5.89 Å². The minimum atomic E-state index is -4.56. The van der Waals surface area contributed by atoms with E-state index in [1.54, 1.807) is 6.92 Å². The lowest BCUT2D eigenvalue weighted by atomic mass is 10.1. The van der Waals surface area contributed by atoms with E-state index in [1.807, 2.05) is 31.2 Å². The molecular formula is C19H16F3N3O2S. The van der Waals surface area contributed by atoms with Gasteiger partial charge in [0, 0.05) is 5.56 Å². The summed E-state index contributed by atoms with van der Waals surface area (Å²) < 4.78 is 44.7. The zero-order chi connectivity index (χ0) is 20.3. The maximum absolute atomic E-state index is 13.0. The lowest BCUT2D eigenvalue weighted by Gasteiger charge is -2.15. The summed E-state index contributed by atoms with van der Waals surface area (Å²) in [4.78, 5) is 12.3. The fourth-order valence-electron chi connectivity index (χ4n) is 2.43. The molecule has 0 saturated carbocycles. The second-order valence-corrected chi connectivity index (χ2v) is 7.33. The molecule has 0 saturated heterocycles. The van der Waals surface area contributed by atoms with E-state index in [1.165, 1.54) is 18.2 Å². The van der Waals surface area contributed by atoms with Crippen LogP contribution in [0.1, 0.15) is 18.1 Å². The van der Waals surface area contributed by atoms with E-state index in [-0.39, 0.29) is 10.9 Å². The van der Waals surface area contributed by atoms with Crippen molar-refractivity contribution in [2.45, 2.75) is 30.5 Å². The van der Waals surface area contributed by atoms with Gasteiger partial charge in [0.2, 0.25) is 11.8 Å². The van der Waals surface area contributed by atoms with Gasteiger partial charge in [-0.15, -0.1) is 10.2 Å². The summed E-state index contributed by atoms with van der Waals surface area (Å²) in [6.07, 6.45) is -4.56. The highest BCUT2D eigenvalue weighted by Crippen LogP contribution is 2.35. The molecule has 0 aliphatic heterocycles. The fourth-order valence-corrected chi connectivity index (χ4v) is 3.11. The lowest BCUT2D eigenvalue weighted by molar-refractivity contribution is -0.137. The SMILES string of the molecule is Cc1cccc(-c2nnc(S[C@@H](C)C(=O)Nc3ccccc3C(F)(F)F)o2)c1. The molecule has 2 aromatic carbocycles. The van der Waals surface area contributed by atoms with E-state index in [4.69, 9.17) is 4.42 Å². The summed E-state index contributed by atoms with van der Waals surface area (Å²) in [5.41, 5.74) is 0.579. The van der Waals surface area contributed by atoms with Gasteiger partial charge in [0.1, 0.15) is 0 Å². The van der Waals surface area contributed by atoms with Crippen molar-refractivity contribution in [3.8, 4) is 11.5 Å². The van der Waals surface area contributed by atoms with Gasteiger partial charge in [0.25, 0.3) is 5.22 Å². The first-order valence-electron chi connectivity index (χ1n) is 8.28. The van der Waals surface area contributed by atoms with Gasteiger partial charge in [0.15, 0.2) is 0 Å². The number of benzene rings is 2. The summed E-state index contributed by atoms with van der Waals surface area (Å²) in [6.45, 7) is 3.48. The highest BCUT2D eigenvalue weighted by molar-refractivity contribution is 8.00. The van der Waals surface area contributed by atoms with Crippen LogP contribution < -0.4 is 5.32 Å². The first-order chi connectivity index (χ1) is 13.2. The molecule has 0 fully saturated rings. The van der Waals surface area contributed by atoms with E-state index < -0.39 is 22.9 Å². The number of amides is 1. The Kier molecular flexibility index (Phi) is 5.73. The molecule has 28 heavy (non-hydrogen) atoms. The number of aryl methyl sites for hydroxylation is 1. The largest absolute Gasteiger partial charge is 0.418 e. The normalized spacial score (nSPS) is 12.6. The Balaban J connectivity index is 1.69. The predicted octanol–water partition coefficient (Wildman–Crippen LogP) is 5.18. The van der Waals surface area contributed by atoms with Crippen LogP contribution in [0.3, 0.4) is 0 Å². The van der Waals surface area contributed by atoms with E-state index in [9.17, 15) is 18.0 Å². The molecule has 146 valence electrons. The van der Waals surface area contributed by atoms with Crippen LogP contribution in [0.2, 0.25) is 0 Å². The van der Waals surface area contributed by atoms with Crippen molar-refractivity contribution in [2.75, 3.05) is 5.32 Å². The zero-order valence-electron chi connectivity index (χ0n) is 14.9.